The Kier molecular flexibility index (Phi) is 13.2. The third kappa shape index (κ3) is 8.90. The molecular weight excluding hydrogens is 832 g/mol. The average Bonchev–Trinajstić information content (AvgIpc) is 3.76. The van der Waals surface area contributed by atoms with Crippen molar-refractivity contribution in [3.63, 3.8) is 0 Å². The molecule has 316 valence electrons. The van der Waals surface area contributed by atoms with Crippen LogP contribution in [-0.2, 0) is 30.9 Å². The van der Waals surface area contributed by atoms with Gasteiger partial charge in [0.05, 0.1) is 5.75 Å². The number of nitrogens with zero attached hydrogens (tertiary/aromatic N) is 5. The zero-order valence-electron chi connectivity index (χ0n) is 34.4. The first-order valence-corrected chi connectivity index (χ1v) is 23.0. The van der Waals surface area contributed by atoms with Crippen LogP contribution in [-0.4, -0.2) is 78.2 Å². The van der Waals surface area contributed by atoms with E-state index in [1.165, 1.54) is 9.58 Å². The highest BCUT2D eigenvalue weighted by Gasteiger charge is 2.56. The van der Waals surface area contributed by atoms with Crippen molar-refractivity contribution in [2.45, 2.75) is 36.6 Å². The minimum absolute atomic E-state index is 0.0161. The van der Waals surface area contributed by atoms with Crippen LogP contribution in [0.3, 0.4) is 0 Å². The minimum Gasteiger partial charge on any atom is -0.448 e. The molecule has 6 aromatic carbocycles. The summed E-state index contributed by atoms with van der Waals surface area (Å²) < 4.78 is 14.9. The van der Waals surface area contributed by atoms with E-state index in [-0.39, 0.29) is 17.0 Å². The number of nitrogens with one attached hydrogen (secondary N) is 1. The highest BCUT2D eigenvalue weighted by Crippen LogP contribution is 2.49. The summed E-state index contributed by atoms with van der Waals surface area (Å²) in [5.41, 5.74) is 1.76. The number of β-lactam (4-membered cyclic amide) rings is 1. The first-order valence-electron chi connectivity index (χ1n) is 20.2. The maximum absolute atomic E-state index is 16.0. The molecule has 0 unspecified atom stereocenters. The lowest BCUT2D eigenvalue weighted by Gasteiger charge is -2.49. The summed E-state index contributed by atoms with van der Waals surface area (Å²) in [5.74, 6) is -2.31. The number of aromatic nitrogens is 4. The first kappa shape index (κ1) is 42.8. The van der Waals surface area contributed by atoms with Gasteiger partial charge in [-0.15, -0.1) is 5.10 Å². The number of ketones is 1. The van der Waals surface area contributed by atoms with Gasteiger partial charge in [-0.05, 0) is 56.5 Å². The van der Waals surface area contributed by atoms with Gasteiger partial charge in [-0.25, -0.2) is 9.48 Å². The maximum atomic E-state index is 16.0. The molecule has 2 amide bonds. The second-order valence-corrected chi connectivity index (χ2v) is 18.9. The fourth-order valence-electron chi connectivity index (χ4n) is 7.57. The van der Waals surface area contributed by atoms with Crippen molar-refractivity contribution in [2.24, 2.45) is 7.05 Å². The third-order valence-corrected chi connectivity index (χ3v) is 16.0. The van der Waals surface area contributed by atoms with Crippen molar-refractivity contribution >= 4 is 63.5 Å². The van der Waals surface area contributed by atoms with Gasteiger partial charge in [-0.3, -0.25) is 19.3 Å². The van der Waals surface area contributed by atoms with Gasteiger partial charge in [0.25, 0.3) is 11.8 Å². The van der Waals surface area contributed by atoms with Gasteiger partial charge < -0.3 is 14.8 Å². The van der Waals surface area contributed by atoms with Crippen molar-refractivity contribution < 1.29 is 28.7 Å². The van der Waals surface area contributed by atoms with Crippen LogP contribution in [0.5, 0.6) is 0 Å². The van der Waals surface area contributed by atoms with E-state index in [9.17, 15) is 9.59 Å². The van der Waals surface area contributed by atoms with Gasteiger partial charge in [0.1, 0.15) is 11.5 Å². The fourth-order valence-corrected chi connectivity index (χ4v) is 12.7. The molecule has 0 spiro atoms. The number of hydrogen-bond donors (Lipinski definition) is 1. The van der Waals surface area contributed by atoms with Crippen molar-refractivity contribution in [2.75, 3.05) is 5.75 Å². The van der Waals surface area contributed by atoms with Crippen molar-refractivity contribution in [1.82, 2.24) is 30.4 Å². The largest absolute Gasteiger partial charge is 0.448 e. The van der Waals surface area contributed by atoms with Crippen molar-refractivity contribution in [3.05, 3.63) is 199 Å². The average molecular weight is 875 g/mol. The lowest BCUT2D eigenvalue weighted by Crippen LogP contribution is -2.75. The molecule has 1 aromatic heterocycles. The molecule has 0 saturated carbocycles. The van der Waals surface area contributed by atoms with Crippen LogP contribution < -0.4 is 21.2 Å². The van der Waals surface area contributed by atoms with E-state index in [0.29, 0.717) is 21.8 Å². The zero-order valence-corrected chi connectivity index (χ0v) is 36.1. The number of rotatable bonds is 16. The number of likely N-dealkylation sites (tertiary alicyclic amines) is 1. The van der Waals surface area contributed by atoms with Gasteiger partial charge in [0.15, 0.2) is 24.2 Å². The molecule has 1 aliphatic rings. The number of aryl methyl sites for hydroxylation is 1. The molecule has 2 heterocycles. The Morgan fingerprint density at radius 1 is 0.698 bits per heavy atom. The molecule has 63 heavy (non-hydrogen) atoms. The molecule has 0 bridgehead atoms. The van der Waals surface area contributed by atoms with E-state index >= 15 is 9.59 Å². The van der Waals surface area contributed by atoms with E-state index in [2.05, 4.69) is 20.8 Å². The number of hydrogen-bond acceptors (Lipinski definition) is 10. The molecule has 14 heteroatoms. The minimum atomic E-state index is -3.45. The Morgan fingerprint density at radius 3 is 1.62 bits per heavy atom. The van der Waals surface area contributed by atoms with Crippen molar-refractivity contribution in [1.29, 1.82) is 0 Å². The van der Waals surface area contributed by atoms with Gasteiger partial charge in [0.2, 0.25) is 5.16 Å². The standard InChI is InChI=1S/C49H43N6O6PS/c1-34(41(56)33-63-49-51-52-53-54(49)2)60-46-42(50-44(57)37-25-13-5-14-26-37)45(58)55(46)47(48(59)61-43(35-21-9-3-10-22-35)36-23-11-4-12-24-36)62(38-27-15-6-16-28-38,39-29-17-7-18-30-39)40-31-19-8-20-32-40/h3-32,34,42-43,46H,33H2,1-2H3,(H,50,57)/t34-,42+,46-/m1/s1. The molecule has 0 radical (unpaired) electrons. The maximum Gasteiger partial charge on any atom is 0.357 e. The van der Waals surface area contributed by atoms with E-state index < -0.39 is 49.1 Å². The Hall–Kier alpha value is -6.92. The number of carbonyl (C=O) groups is 4. The summed E-state index contributed by atoms with van der Waals surface area (Å²) in [6.45, 7) is -1.87. The molecule has 8 rings (SSSR count). The summed E-state index contributed by atoms with van der Waals surface area (Å²) in [6.07, 6.45) is -3.35. The normalized spacial score (nSPS) is 15.3. The van der Waals surface area contributed by atoms with Gasteiger partial charge in [0, 0.05) is 19.5 Å². The summed E-state index contributed by atoms with van der Waals surface area (Å²) in [6, 6.07) is 54.8. The number of thioether (sulfide) groups is 1. The molecule has 12 nitrogen and oxygen atoms in total. The summed E-state index contributed by atoms with van der Waals surface area (Å²) in [4.78, 5) is 60.2. The molecule has 1 fully saturated rings. The quantitative estimate of drug-likeness (QED) is 0.0556. The van der Waals surface area contributed by atoms with Gasteiger partial charge in [-0.1, -0.05) is 182 Å². The van der Waals surface area contributed by atoms with Crippen LogP contribution in [0.15, 0.2) is 187 Å². The summed E-state index contributed by atoms with van der Waals surface area (Å²) >= 11 is 1.14. The third-order valence-electron chi connectivity index (χ3n) is 10.7. The number of esters is 1. The molecule has 1 saturated heterocycles. The number of benzene rings is 6. The zero-order chi connectivity index (χ0) is 43.8. The monoisotopic (exact) mass is 874 g/mol. The summed E-state index contributed by atoms with van der Waals surface area (Å²) in [7, 11) is 1.67. The highest BCUT2D eigenvalue weighted by molar-refractivity contribution is 7.99. The second kappa shape index (κ2) is 19.4. The Bertz CT molecular complexity index is 2600. The van der Waals surface area contributed by atoms with Gasteiger partial charge >= 0.3 is 5.97 Å². The molecule has 3 atom stereocenters. The van der Waals surface area contributed by atoms with Crippen LogP contribution in [0.2, 0.25) is 0 Å². The number of Topliss-reactive ketones (excluding diaryl/α,β-unsaturated/α-hetero) is 1. The van der Waals surface area contributed by atoms with E-state index in [1.54, 1.807) is 44.3 Å². The first-order chi connectivity index (χ1) is 30.8. The van der Waals surface area contributed by atoms with E-state index in [0.717, 1.165) is 27.7 Å². The Morgan fingerprint density at radius 2 is 1.16 bits per heavy atom. The summed E-state index contributed by atoms with van der Waals surface area (Å²) in [5, 5.41) is 17.0. The molecule has 0 aliphatic carbocycles. The molecule has 1 aliphatic heterocycles. The van der Waals surface area contributed by atoms with Crippen LogP contribution in [0.1, 0.15) is 34.5 Å². The van der Waals surface area contributed by atoms with E-state index in [4.69, 9.17) is 9.47 Å². The SMILES string of the molecule is C[C@@H](O[C@@H]1[C@@H](NC(=O)c2ccccc2)C(=O)N1C(C(=O)OC(c1ccccc1)c1ccccc1)=P(c1ccccc1)(c1ccccc1)c1ccccc1)C(=O)CSc1nnnn1C. The molecule has 1 N–H and O–H groups in total. The predicted molar refractivity (Wildman–Crippen MR) is 244 cm³/mol. The number of ether oxygens (including phenoxy) is 2. The van der Waals surface area contributed by atoms with Crippen LogP contribution >= 0.6 is 18.6 Å². The number of carbonyl (C=O) groups excluding carboxylic acids is 4. The topological polar surface area (TPSA) is 146 Å². The lowest BCUT2D eigenvalue weighted by atomic mass is 10.0. The lowest BCUT2D eigenvalue weighted by molar-refractivity contribution is -0.180. The number of amides is 2. The van der Waals surface area contributed by atoms with Gasteiger partial charge in [-0.2, -0.15) is 0 Å². The van der Waals surface area contributed by atoms with Crippen LogP contribution in [0, 0.1) is 0 Å². The number of tetrazole rings is 1. The highest BCUT2D eigenvalue weighted by atomic mass is 32.2. The second-order valence-electron chi connectivity index (χ2n) is 14.6. The Balaban J connectivity index is 1.35. The fraction of sp³-hybridized carbons (Fsp3) is 0.143. The van der Waals surface area contributed by atoms with E-state index in [1.807, 2.05) is 152 Å². The smallest absolute Gasteiger partial charge is 0.357 e. The van der Waals surface area contributed by atoms with Crippen molar-refractivity contribution in [3.8, 4) is 0 Å². The van der Waals surface area contributed by atoms with Crippen LogP contribution in [0.25, 0.3) is 0 Å². The molecule has 7 aromatic rings. The predicted octanol–water partition coefficient (Wildman–Crippen LogP) is 5.70. The molecular formula is C49H43N6O6PS. The Labute approximate surface area is 369 Å². The van der Waals surface area contributed by atoms with Crippen LogP contribution in [0.4, 0.5) is 0 Å².